The molecule has 0 aliphatic carbocycles. The van der Waals surface area contributed by atoms with E-state index >= 15 is 0 Å². The van der Waals surface area contributed by atoms with E-state index in [4.69, 9.17) is 38.0 Å². The van der Waals surface area contributed by atoms with Gasteiger partial charge in [-0.2, -0.15) is 5.01 Å². The van der Waals surface area contributed by atoms with Gasteiger partial charge in [0, 0.05) is 23.7 Å². The van der Waals surface area contributed by atoms with Crippen molar-refractivity contribution in [1.29, 1.82) is 0 Å². The first-order valence-corrected chi connectivity index (χ1v) is 13.1. The molecule has 0 unspecified atom stereocenters. The lowest BCUT2D eigenvalue weighted by atomic mass is 10.2. The highest BCUT2D eigenvalue weighted by atomic mass is 35.5. The normalized spacial score (nSPS) is 16.8. The summed E-state index contributed by atoms with van der Waals surface area (Å²) < 4.78 is 16.9. The molecule has 9 nitrogen and oxygen atoms in total. The van der Waals surface area contributed by atoms with Crippen LogP contribution in [-0.4, -0.2) is 71.5 Å². The third-order valence-electron chi connectivity index (χ3n) is 5.39. The van der Waals surface area contributed by atoms with E-state index in [9.17, 15) is 14.4 Å². The van der Waals surface area contributed by atoms with Crippen LogP contribution in [0.5, 0.6) is 11.5 Å². The van der Waals surface area contributed by atoms with Crippen LogP contribution >= 0.6 is 35.6 Å². The minimum atomic E-state index is -0.485. The van der Waals surface area contributed by atoms with Gasteiger partial charge in [-0.1, -0.05) is 29.4 Å². The van der Waals surface area contributed by atoms with Gasteiger partial charge < -0.3 is 19.1 Å². The number of carbonyl (C=O) groups is 3. The van der Waals surface area contributed by atoms with Gasteiger partial charge in [-0.3, -0.25) is 19.8 Å². The number of hydrogen-bond acceptors (Lipinski definition) is 8. The molecule has 2 heterocycles. The van der Waals surface area contributed by atoms with E-state index in [0.717, 1.165) is 16.8 Å². The highest BCUT2D eigenvalue weighted by Gasteiger charge is 2.34. The van der Waals surface area contributed by atoms with E-state index in [-0.39, 0.29) is 16.8 Å². The van der Waals surface area contributed by atoms with E-state index in [1.54, 1.807) is 53.4 Å². The number of rotatable bonds is 8. The molecule has 2 aromatic rings. The van der Waals surface area contributed by atoms with Gasteiger partial charge in [0.1, 0.15) is 0 Å². The number of thiocarbonyl (C=S) groups is 1. The number of halogens is 1. The predicted molar refractivity (Wildman–Crippen MR) is 144 cm³/mol. The summed E-state index contributed by atoms with van der Waals surface area (Å²) >= 11 is 12.2. The summed E-state index contributed by atoms with van der Waals surface area (Å²) in [6, 6.07) is 11.4. The Morgan fingerprint density at radius 3 is 2.57 bits per heavy atom. The number of nitrogens with zero attached hydrogens (tertiary/aromatic N) is 2. The van der Waals surface area contributed by atoms with Crippen molar-refractivity contribution >= 4 is 63.7 Å². The second kappa shape index (κ2) is 12.4. The Morgan fingerprint density at radius 2 is 1.86 bits per heavy atom. The van der Waals surface area contributed by atoms with Gasteiger partial charge in [0.2, 0.25) is 0 Å². The zero-order valence-corrected chi connectivity index (χ0v) is 22.3. The van der Waals surface area contributed by atoms with Gasteiger partial charge in [-0.05, 0) is 67.2 Å². The first-order valence-electron chi connectivity index (χ1n) is 11.5. The average molecular weight is 562 g/mol. The Labute approximate surface area is 228 Å². The van der Waals surface area contributed by atoms with E-state index < -0.39 is 11.8 Å². The third-order valence-corrected chi connectivity index (χ3v) is 6.95. The minimum Gasteiger partial charge on any atom is -0.490 e. The highest BCUT2D eigenvalue weighted by Crippen LogP contribution is 2.34. The smallest absolute Gasteiger partial charge is 0.285 e. The summed E-state index contributed by atoms with van der Waals surface area (Å²) in [6.07, 6.45) is 1.65. The lowest BCUT2D eigenvalue weighted by Gasteiger charge is -2.26. The van der Waals surface area contributed by atoms with Gasteiger partial charge in [-0.15, -0.1) is 0 Å². The Morgan fingerprint density at radius 1 is 1.14 bits per heavy atom. The molecule has 194 valence electrons. The van der Waals surface area contributed by atoms with Crippen LogP contribution in [-0.2, 0) is 14.3 Å². The average Bonchev–Trinajstić information content (AvgIpc) is 3.16. The lowest BCUT2D eigenvalue weighted by molar-refractivity contribution is -0.137. The van der Waals surface area contributed by atoms with Crippen molar-refractivity contribution in [3.8, 4) is 11.5 Å². The number of amides is 3. The number of carbonyl (C=O) groups excluding carboxylic acids is 3. The molecular weight excluding hydrogens is 538 g/mol. The number of morpholine rings is 1. The van der Waals surface area contributed by atoms with Crippen LogP contribution in [0.2, 0.25) is 5.02 Å². The second-order valence-electron chi connectivity index (χ2n) is 7.89. The monoisotopic (exact) mass is 561 g/mol. The molecule has 2 aliphatic rings. The fraction of sp³-hybridized carbons (Fsp3) is 0.280. The summed E-state index contributed by atoms with van der Waals surface area (Å²) in [5.41, 5.74) is 3.54. The molecule has 0 spiro atoms. The molecule has 0 radical (unpaired) electrons. The molecule has 3 amide bonds. The Hall–Kier alpha value is -3.12. The molecule has 0 bridgehead atoms. The fourth-order valence-corrected chi connectivity index (χ4v) is 4.83. The van der Waals surface area contributed by atoms with Crippen molar-refractivity contribution in [3.63, 3.8) is 0 Å². The molecular formula is C25H24ClN3O6S2. The van der Waals surface area contributed by atoms with Crippen LogP contribution in [0.25, 0.3) is 6.08 Å². The molecule has 2 aliphatic heterocycles. The predicted octanol–water partition coefficient (Wildman–Crippen LogP) is 3.52. The molecule has 2 fully saturated rings. The molecule has 0 atom stereocenters. The first kappa shape index (κ1) is 26.9. The number of benzene rings is 2. The van der Waals surface area contributed by atoms with Gasteiger partial charge in [-0.25, -0.2) is 0 Å². The third kappa shape index (κ3) is 6.80. The Balaban J connectivity index is 1.44. The summed E-state index contributed by atoms with van der Waals surface area (Å²) in [7, 11) is 0. The van der Waals surface area contributed by atoms with Gasteiger partial charge >= 0.3 is 0 Å². The van der Waals surface area contributed by atoms with Crippen LogP contribution < -0.4 is 14.9 Å². The lowest BCUT2D eigenvalue weighted by Crippen LogP contribution is -2.44. The molecule has 2 saturated heterocycles. The Kier molecular flexibility index (Phi) is 9.04. The molecule has 12 heteroatoms. The van der Waals surface area contributed by atoms with Crippen LogP contribution in [0.3, 0.4) is 0 Å². The quantitative estimate of drug-likeness (QED) is 0.386. The van der Waals surface area contributed by atoms with Crippen molar-refractivity contribution in [2.24, 2.45) is 0 Å². The van der Waals surface area contributed by atoms with E-state index in [0.29, 0.717) is 65.5 Å². The van der Waals surface area contributed by atoms with Crippen molar-refractivity contribution in [3.05, 3.63) is 63.5 Å². The fourth-order valence-electron chi connectivity index (χ4n) is 3.53. The van der Waals surface area contributed by atoms with E-state index in [1.165, 1.54) is 0 Å². The van der Waals surface area contributed by atoms with Crippen LogP contribution in [0.1, 0.15) is 22.8 Å². The minimum absolute atomic E-state index is 0.120. The van der Waals surface area contributed by atoms with Gasteiger partial charge in [0.25, 0.3) is 17.7 Å². The number of ether oxygens (including phenoxy) is 3. The van der Waals surface area contributed by atoms with Crippen LogP contribution in [0, 0.1) is 0 Å². The largest absolute Gasteiger partial charge is 0.490 e. The van der Waals surface area contributed by atoms with Crippen molar-refractivity contribution < 1.29 is 28.6 Å². The molecule has 0 saturated carbocycles. The highest BCUT2D eigenvalue weighted by molar-refractivity contribution is 8.26. The number of nitrogens with one attached hydrogen (secondary N) is 1. The van der Waals surface area contributed by atoms with Gasteiger partial charge in [0.05, 0.1) is 24.7 Å². The summed E-state index contributed by atoms with van der Waals surface area (Å²) in [6.45, 7) is 4.21. The molecule has 4 rings (SSSR count). The summed E-state index contributed by atoms with van der Waals surface area (Å²) in [5.74, 6) is -0.201. The maximum atomic E-state index is 13.0. The first-order chi connectivity index (χ1) is 17.9. The van der Waals surface area contributed by atoms with Crippen LogP contribution in [0.4, 0.5) is 0 Å². The Bertz CT molecular complexity index is 1230. The standard InChI is InChI=1S/C25H24ClN3O6S2/c1-2-34-20-13-16(3-8-19(20)35-15-22(30)28-9-11-33-12-10-28)14-21-24(32)29(25(36)37-21)27-23(31)17-4-6-18(26)7-5-17/h3-8,13-14H,2,9-12,15H2,1H3,(H,27,31)/b21-14+. The van der Waals surface area contributed by atoms with Crippen molar-refractivity contribution in [1.82, 2.24) is 15.3 Å². The SMILES string of the molecule is CCOc1cc(/C=C2/SC(=S)N(NC(=O)c3ccc(Cl)cc3)C2=O)ccc1OCC(=O)N1CCOCC1. The molecule has 2 aromatic carbocycles. The molecule has 37 heavy (non-hydrogen) atoms. The zero-order chi connectivity index (χ0) is 26.4. The molecule has 1 N–H and O–H groups in total. The van der Waals surface area contributed by atoms with E-state index in [2.05, 4.69) is 5.43 Å². The topological polar surface area (TPSA) is 97.4 Å². The van der Waals surface area contributed by atoms with Crippen molar-refractivity contribution in [2.75, 3.05) is 39.5 Å². The summed E-state index contributed by atoms with van der Waals surface area (Å²) in [5, 5.41) is 1.54. The van der Waals surface area contributed by atoms with E-state index in [1.807, 2.05) is 6.92 Å². The number of hydrogen-bond donors (Lipinski definition) is 1. The number of hydrazine groups is 1. The van der Waals surface area contributed by atoms with Gasteiger partial charge in [0.15, 0.2) is 22.4 Å². The summed E-state index contributed by atoms with van der Waals surface area (Å²) in [4.78, 5) is 39.9. The maximum absolute atomic E-state index is 13.0. The molecule has 0 aromatic heterocycles. The maximum Gasteiger partial charge on any atom is 0.285 e. The number of thioether (sulfide) groups is 1. The zero-order valence-electron chi connectivity index (χ0n) is 19.9. The second-order valence-corrected chi connectivity index (χ2v) is 10.00. The van der Waals surface area contributed by atoms with Crippen molar-refractivity contribution in [2.45, 2.75) is 6.92 Å². The van der Waals surface area contributed by atoms with Crippen LogP contribution in [0.15, 0.2) is 47.4 Å².